The number of rotatable bonds is 3. The van der Waals surface area contributed by atoms with Crippen LogP contribution in [0.5, 0.6) is 0 Å². The quantitative estimate of drug-likeness (QED) is 0.914. The van der Waals surface area contributed by atoms with E-state index >= 15 is 0 Å². The molecule has 2 heterocycles. The molecule has 1 saturated heterocycles. The maximum Gasteiger partial charge on any atom is 0.328 e. The van der Waals surface area contributed by atoms with Gasteiger partial charge in [-0.15, -0.1) is 0 Å². The van der Waals surface area contributed by atoms with E-state index in [-0.39, 0.29) is 31.0 Å². The number of aliphatic carboxylic acids is 1. The van der Waals surface area contributed by atoms with Gasteiger partial charge in [0.05, 0.1) is 30.7 Å². The molecule has 2 aromatic rings. The number of nitrogens with zero attached hydrogens (tertiary/aromatic N) is 3. The molecule has 0 radical (unpaired) electrons. The number of halogens is 1. The van der Waals surface area contributed by atoms with Crippen LogP contribution >= 0.6 is 0 Å². The predicted molar refractivity (Wildman–Crippen MR) is 81.5 cm³/mol. The molecular formula is C16H16FN3O4. The minimum atomic E-state index is -1.12. The lowest BCUT2D eigenvalue weighted by Crippen LogP contribution is -2.52. The molecule has 126 valence electrons. The maximum atomic E-state index is 13.9. The highest BCUT2D eigenvalue weighted by atomic mass is 19.1. The first-order chi connectivity index (χ1) is 11.5. The summed E-state index contributed by atoms with van der Waals surface area (Å²) in [5.41, 5.74) is 0.915. The van der Waals surface area contributed by atoms with E-state index in [0.29, 0.717) is 5.69 Å². The summed E-state index contributed by atoms with van der Waals surface area (Å²) < 4.78 is 20.4. The predicted octanol–water partition coefficient (Wildman–Crippen LogP) is 1.25. The number of ether oxygens (including phenoxy) is 1. The second-order valence-electron chi connectivity index (χ2n) is 5.43. The van der Waals surface area contributed by atoms with Crippen molar-refractivity contribution in [3.63, 3.8) is 0 Å². The topological polar surface area (TPSA) is 84.7 Å². The van der Waals surface area contributed by atoms with Gasteiger partial charge in [0.2, 0.25) is 0 Å². The zero-order chi connectivity index (χ0) is 17.3. The number of aromatic nitrogens is 2. The smallest absolute Gasteiger partial charge is 0.328 e. The molecule has 1 fully saturated rings. The van der Waals surface area contributed by atoms with Crippen LogP contribution in [0.2, 0.25) is 0 Å². The van der Waals surface area contributed by atoms with Crippen LogP contribution in [-0.4, -0.2) is 57.5 Å². The molecule has 0 unspecified atom stereocenters. The van der Waals surface area contributed by atoms with E-state index in [0.717, 1.165) is 0 Å². The van der Waals surface area contributed by atoms with Crippen molar-refractivity contribution >= 4 is 11.9 Å². The number of carbonyl (C=O) groups is 2. The number of carbonyl (C=O) groups excluding carboxylic acids is 1. The van der Waals surface area contributed by atoms with E-state index in [1.54, 1.807) is 25.1 Å². The molecule has 1 N–H and O–H groups in total. The lowest BCUT2D eigenvalue weighted by Gasteiger charge is -2.32. The molecular weight excluding hydrogens is 317 g/mol. The fraction of sp³-hybridized carbons (Fsp3) is 0.312. The van der Waals surface area contributed by atoms with Gasteiger partial charge in [-0.3, -0.25) is 4.79 Å². The van der Waals surface area contributed by atoms with Crippen LogP contribution in [-0.2, 0) is 9.53 Å². The minimum absolute atomic E-state index is 0.0540. The summed E-state index contributed by atoms with van der Waals surface area (Å²) in [7, 11) is 0. The third-order valence-corrected chi connectivity index (χ3v) is 4.00. The molecule has 0 aliphatic carbocycles. The third kappa shape index (κ3) is 2.76. The van der Waals surface area contributed by atoms with Crippen molar-refractivity contribution in [2.75, 3.05) is 19.8 Å². The van der Waals surface area contributed by atoms with Gasteiger partial charge in [-0.2, -0.15) is 5.10 Å². The Morgan fingerprint density at radius 3 is 2.83 bits per heavy atom. The van der Waals surface area contributed by atoms with Gasteiger partial charge in [-0.05, 0) is 19.1 Å². The Morgan fingerprint density at radius 2 is 2.12 bits per heavy atom. The number of hydrogen-bond donors (Lipinski definition) is 1. The number of benzene rings is 1. The van der Waals surface area contributed by atoms with Crippen molar-refractivity contribution < 1.29 is 23.8 Å². The Morgan fingerprint density at radius 1 is 1.38 bits per heavy atom. The molecule has 1 aliphatic rings. The molecule has 1 aromatic carbocycles. The van der Waals surface area contributed by atoms with Crippen molar-refractivity contribution in [2.45, 2.75) is 13.0 Å². The number of hydrogen-bond acceptors (Lipinski definition) is 4. The lowest BCUT2D eigenvalue weighted by molar-refractivity contribution is -0.147. The monoisotopic (exact) mass is 333 g/mol. The SMILES string of the molecule is Cc1c(C(=O)N2CCOC[C@H]2C(=O)O)cnn1-c1ccccc1F. The highest BCUT2D eigenvalue weighted by Gasteiger charge is 2.34. The van der Waals surface area contributed by atoms with Crippen LogP contribution in [0.4, 0.5) is 4.39 Å². The summed E-state index contributed by atoms with van der Waals surface area (Å²) in [6.45, 7) is 2.04. The number of para-hydroxylation sites is 1. The first kappa shape index (κ1) is 16.1. The summed E-state index contributed by atoms with van der Waals surface area (Å²) in [5.74, 6) is -2.04. The Bertz CT molecular complexity index is 789. The number of carboxylic acids is 1. The van der Waals surface area contributed by atoms with E-state index in [1.165, 1.54) is 21.8 Å². The number of carboxylic acid groups (broad SMARTS) is 1. The van der Waals surface area contributed by atoms with Gasteiger partial charge in [-0.1, -0.05) is 12.1 Å². The van der Waals surface area contributed by atoms with Gasteiger partial charge >= 0.3 is 5.97 Å². The van der Waals surface area contributed by atoms with Crippen LogP contribution < -0.4 is 0 Å². The highest BCUT2D eigenvalue weighted by Crippen LogP contribution is 2.20. The Kier molecular flexibility index (Phi) is 4.30. The molecule has 24 heavy (non-hydrogen) atoms. The Hall–Kier alpha value is -2.74. The average molecular weight is 333 g/mol. The largest absolute Gasteiger partial charge is 0.480 e. The third-order valence-electron chi connectivity index (χ3n) is 4.00. The normalized spacial score (nSPS) is 17.8. The van der Waals surface area contributed by atoms with Crippen molar-refractivity contribution in [3.8, 4) is 5.69 Å². The van der Waals surface area contributed by atoms with Gasteiger partial charge < -0.3 is 14.7 Å². The van der Waals surface area contributed by atoms with E-state index < -0.39 is 23.7 Å². The molecule has 0 bridgehead atoms. The van der Waals surface area contributed by atoms with Crippen LogP contribution in [0.3, 0.4) is 0 Å². The van der Waals surface area contributed by atoms with Gasteiger partial charge in [0, 0.05) is 6.54 Å². The van der Waals surface area contributed by atoms with Crippen molar-refractivity contribution in [2.24, 2.45) is 0 Å². The van der Waals surface area contributed by atoms with Crippen molar-refractivity contribution in [1.29, 1.82) is 0 Å². The summed E-state index contributed by atoms with van der Waals surface area (Å²) in [4.78, 5) is 25.3. The summed E-state index contributed by atoms with van der Waals surface area (Å²) in [6.07, 6.45) is 1.33. The van der Waals surface area contributed by atoms with Crippen LogP contribution in [0, 0.1) is 12.7 Å². The molecule has 3 rings (SSSR count). The lowest BCUT2D eigenvalue weighted by atomic mass is 10.1. The molecule has 1 aliphatic heterocycles. The molecule has 7 nitrogen and oxygen atoms in total. The van der Waals surface area contributed by atoms with E-state index in [9.17, 15) is 19.1 Å². The van der Waals surface area contributed by atoms with E-state index in [1.807, 2.05) is 0 Å². The second kappa shape index (κ2) is 6.40. The van der Waals surface area contributed by atoms with E-state index in [2.05, 4.69) is 5.10 Å². The molecule has 1 atom stereocenters. The number of morpholine rings is 1. The Balaban J connectivity index is 1.94. The molecule has 1 amide bonds. The van der Waals surface area contributed by atoms with Crippen LogP contribution in [0.1, 0.15) is 16.1 Å². The van der Waals surface area contributed by atoms with Crippen LogP contribution in [0.25, 0.3) is 5.69 Å². The van der Waals surface area contributed by atoms with Gasteiger partial charge in [0.15, 0.2) is 6.04 Å². The average Bonchev–Trinajstić information content (AvgIpc) is 2.96. The fourth-order valence-corrected chi connectivity index (χ4v) is 2.69. The zero-order valence-corrected chi connectivity index (χ0v) is 13.0. The van der Waals surface area contributed by atoms with Gasteiger partial charge in [0.1, 0.15) is 11.5 Å². The van der Waals surface area contributed by atoms with Gasteiger partial charge in [0.25, 0.3) is 5.91 Å². The second-order valence-corrected chi connectivity index (χ2v) is 5.43. The van der Waals surface area contributed by atoms with E-state index in [4.69, 9.17) is 4.74 Å². The molecule has 0 spiro atoms. The Labute approximate surface area is 137 Å². The summed E-state index contributed by atoms with van der Waals surface area (Å²) in [6, 6.07) is 5.05. The van der Waals surface area contributed by atoms with Crippen LogP contribution in [0.15, 0.2) is 30.5 Å². The molecule has 8 heteroatoms. The first-order valence-corrected chi connectivity index (χ1v) is 7.41. The highest BCUT2D eigenvalue weighted by molar-refractivity contribution is 5.97. The first-order valence-electron chi connectivity index (χ1n) is 7.41. The minimum Gasteiger partial charge on any atom is -0.480 e. The van der Waals surface area contributed by atoms with Crippen molar-refractivity contribution in [1.82, 2.24) is 14.7 Å². The van der Waals surface area contributed by atoms with Gasteiger partial charge in [-0.25, -0.2) is 13.9 Å². The molecule has 0 saturated carbocycles. The summed E-state index contributed by atoms with van der Waals surface area (Å²) in [5, 5.41) is 13.3. The fourth-order valence-electron chi connectivity index (χ4n) is 2.69. The molecule has 1 aromatic heterocycles. The van der Waals surface area contributed by atoms with Crippen molar-refractivity contribution in [3.05, 3.63) is 47.5 Å². The number of amides is 1. The summed E-state index contributed by atoms with van der Waals surface area (Å²) >= 11 is 0. The standard InChI is InChI=1S/C16H16FN3O4/c1-10-11(8-18-20(10)13-5-3-2-4-12(13)17)15(21)19-6-7-24-9-14(19)16(22)23/h2-5,8,14H,6-7,9H2,1H3,(H,22,23)/t14-/m0/s1. The zero-order valence-electron chi connectivity index (χ0n) is 13.0. The maximum absolute atomic E-state index is 13.9.